The highest BCUT2D eigenvalue weighted by atomic mass is 127. The fourth-order valence-electron chi connectivity index (χ4n) is 3.72. The fourth-order valence-corrected chi connectivity index (χ4v) is 4.63. The highest BCUT2D eigenvalue weighted by Crippen LogP contribution is 2.45. The van der Waals surface area contributed by atoms with Crippen molar-refractivity contribution >= 4 is 28.6 Å². The molecule has 0 bridgehead atoms. The van der Waals surface area contributed by atoms with Crippen molar-refractivity contribution in [2.45, 2.75) is 84.9 Å². The summed E-state index contributed by atoms with van der Waals surface area (Å²) in [6.07, 6.45) is 1.32. The summed E-state index contributed by atoms with van der Waals surface area (Å²) in [4.78, 5) is 12.7. The zero-order chi connectivity index (χ0) is 28.1. The molecule has 0 aliphatic heterocycles. The molecule has 10 heteroatoms. The van der Waals surface area contributed by atoms with Gasteiger partial charge in [-0.2, -0.15) is 8.78 Å². The van der Waals surface area contributed by atoms with E-state index in [0.717, 1.165) is 5.56 Å². The average molecular weight is 644 g/mol. The van der Waals surface area contributed by atoms with Crippen molar-refractivity contribution in [3.8, 4) is 11.4 Å². The molecule has 3 aromatic rings. The van der Waals surface area contributed by atoms with Crippen molar-refractivity contribution < 1.29 is 32.1 Å². The second-order valence-corrected chi connectivity index (χ2v) is 12.4. The smallest absolute Gasteiger partial charge is 0.312 e. The zero-order valence-corrected chi connectivity index (χ0v) is 24.8. The number of nitrogens with zero attached hydrogens (tertiary/aromatic N) is 2. The van der Waals surface area contributed by atoms with Crippen LogP contribution in [-0.2, 0) is 26.8 Å². The first-order chi connectivity index (χ1) is 17.7. The van der Waals surface area contributed by atoms with E-state index in [4.69, 9.17) is 18.5 Å². The Labute approximate surface area is 235 Å². The molecular weight excluding hydrogens is 609 g/mol. The number of aromatic nitrogens is 2. The van der Waals surface area contributed by atoms with Gasteiger partial charge >= 0.3 is 11.9 Å². The Morgan fingerprint density at radius 3 is 2.37 bits per heavy atom. The second kappa shape index (κ2) is 12.2. The highest BCUT2D eigenvalue weighted by Gasteiger charge is 2.48. The Balaban J connectivity index is 1.76. The predicted molar refractivity (Wildman–Crippen MR) is 147 cm³/mol. The van der Waals surface area contributed by atoms with Crippen molar-refractivity contribution in [3.05, 3.63) is 57.1 Å². The molecule has 0 spiro atoms. The van der Waals surface area contributed by atoms with E-state index in [1.807, 2.05) is 73.7 Å². The van der Waals surface area contributed by atoms with Crippen LogP contribution in [0, 0.1) is 8.99 Å². The molecular formula is C28H35F2IN2O5. The second-order valence-electron chi connectivity index (χ2n) is 11.3. The molecule has 0 aliphatic carbocycles. The lowest BCUT2D eigenvalue weighted by molar-refractivity contribution is -0.155. The van der Waals surface area contributed by atoms with Gasteiger partial charge in [-0.15, -0.1) is 0 Å². The molecule has 0 saturated carbocycles. The monoisotopic (exact) mass is 644 g/mol. The van der Waals surface area contributed by atoms with Crippen LogP contribution in [0.3, 0.4) is 0 Å². The maximum atomic E-state index is 14.8. The number of carbonyl (C=O) groups excluding carboxylic acids is 1. The van der Waals surface area contributed by atoms with Gasteiger partial charge in [0.05, 0.1) is 16.6 Å². The van der Waals surface area contributed by atoms with E-state index < -0.39 is 22.7 Å². The number of ether oxygens (including phenoxy) is 2. The van der Waals surface area contributed by atoms with E-state index in [1.54, 1.807) is 0 Å². The minimum Gasteiger partial charge on any atom is -0.460 e. The number of hydrogen-bond acceptors (Lipinski definition) is 7. The van der Waals surface area contributed by atoms with Crippen molar-refractivity contribution in [1.82, 2.24) is 10.3 Å². The normalized spacial score (nSPS) is 13.5. The molecule has 1 aromatic carbocycles. The van der Waals surface area contributed by atoms with Gasteiger partial charge in [-0.1, -0.05) is 61.4 Å². The Hall–Kier alpha value is -2.34. The zero-order valence-electron chi connectivity index (χ0n) is 22.6. The van der Waals surface area contributed by atoms with Gasteiger partial charge < -0.3 is 18.5 Å². The van der Waals surface area contributed by atoms with Gasteiger partial charge in [0.1, 0.15) is 17.0 Å². The third-order valence-corrected chi connectivity index (χ3v) is 6.86. The van der Waals surface area contributed by atoms with Crippen LogP contribution in [0.25, 0.3) is 11.4 Å². The molecule has 1 atom stereocenters. The largest absolute Gasteiger partial charge is 0.460 e. The number of alkyl halides is 2. The van der Waals surface area contributed by atoms with Gasteiger partial charge in [-0.3, -0.25) is 4.79 Å². The van der Waals surface area contributed by atoms with E-state index >= 15 is 0 Å². The molecule has 0 unspecified atom stereocenters. The standard InChI is InChI=1S/C28H35F2IN2O5/c1-26(2,3)28(29,30)21-16-20(32-37-21)24-23(31)25(38-33-24)19(15-22(34)36-27(4,5)6)13-10-14-35-17-18-11-8-7-9-12-18/h7-9,11-12,16,19H,10,13-15,17H2,1-6H3/t19-/m0/s1. The highest BCUT2D eigenvalue weighted by molar-refractivity contribution is 14.1. The van der Waals surface area contributed by atoms with Crippen LogP contribution in [0.1, 0.15) is 83.8 Å². The van der Waals surface area contributed by atoms with E-state index in [2.05, 4.69) is 10.3 Å². The Kier molecular flexibility index (Phi) is 9.72. The predicted octanol–water partition coefficient (Wildman–Crippen LogP) is 7.88. The molecule has 208 valence electrons. The molecule has 0 amide bonds. The van der Waals surface area contributed by atoms with E-state index in [0.29, 0.717) is 35.4 Å². The van der Waals surface area contributed by atoms with Crippen LogP contribution in [0.15, 0.2) is 45.4 Å². The Morgan fingerprint density at radius 1 is 1.05 bits per heavy atom. The van der Waals surface area contributed by atoms with Crippen molar-refractivity contribution in [3.63, 3.8) is 0 Å². The number of hydrogen-bond donors (Lipinski definition) is 0. The van der Waals surface area contributed by atoms with Gasteiger partial charge in [0.15, 0.2) is 5.76 Å². The van der Waals surface area contributed by atoms with Crippen LogP contribution in [0.5, 0.6) is 0 Å². The summed E-state index contributed by atoms with van der Waals surface area (Å²) in [5.74, 6) is -4.01. The van der Waals surface area contributed by atoms with E-state index in [1.165, 1.54) is 26.8 Å². The van der Waals surface area contributed by atoms with Crippen LogP contribution in [0.4, 0.5) is 8.78 Å². The van der Waals surface area contributed by atoms with E-state index in [-0.39, 0.29) is 29.7 Å². The van der Waals surface area contributed by atoms with Crippen molar-refractivity contribution in [2.24, 2.45) is 5.41 Å². The fraction of sp³-hybridized carbons (Fsp3) is 0.536. The first-order valence-corrected chi connectivity index (χ1v) is 13.6. The molecule has 0 radical (unpaired) electrons. The number of esters is 1. The van der Waals surface area contributed by atoms with Crippen LogP contribution >= 0.6 is 22.6 Å². The van der Waals surface area contributed by atoms with Gasteiger partial charge in [0.2, 0.25) is 5.76 Å². The summed E-state index contributed by atoms with van der Waals surface area (Å²) in [5, 5.41) is 7.93. The maximum absolute atomic E-state index is 14.8. The maximum Gasteiger partial charge on any atom is 0.312 e. The average Bonchev–Trinajstić information content (AvgIpc) is 3.44. The summed E-state index contributed by atoms with van der Waals surface area (Å²) in [6.45, 7) is 10.7. The van der Waals surface area contributed by atoms with Crippen LogP contribution in [-0.4, -0.2) is 28.5 Å². The van der Waals surface area contributed by atoms with Crippen molar-refractivity contribution in [2.75, 3.05) is 6.61 Å². The molecule has 0 N–H and O–H groups in total. The number of benzene rings is 1. The molecule has 2 aromatic heterocycles. The molecule has 38 heavy (non-hydrogen) atoms. The minimum atomic E-state index is -3.23. The Morgan fingerprint density at radius 2 is 1.74 bits per heavy atom. The lowest BCUT2D eigenvalue weighted by Gasteiger charge is -2.27. The topological polar surface area (TPSA) is 87.6 Å². The first-order valence-electron chi connectivity index (χ1n) is 12.5. The molecule has 2 heterocycles. The number of carbonyl (C=O) groups is 1. The molecule has 7 nitrogen and oxygen atoms in total. The lowest BCUT2D eigenvalue weighted by Crippen LogP contribution is -2.30. The van der Waals surface area contributed by atoms with Gasteiger partial charge in [0, 0.05) is 24.0 Å². The number of halogens is 3. The summed E-state index contributed by atoms with van der Waals surface area (Å²) >= 11 is 2.04. The van der Waals surface area contributed by atoms with Crippen molar-refractivity contribution in [1.29, 1.82) is 0 Å². The van der Waals surface area contributed by atoms with Crippen LogP contribution in [0.2, 0.25) is 0 Å². The summed E-state index contributed by atoms with van der Waals surface area (Å²) in [5.41, 5.74) is -0.473. The third-order valence-electron chi connectivity index (χ3n) is 5.82. The van der Waals surface area contributed by atoms with Crippen LogP contribution < -0.4 is 0 Å². The quantitative estimate of drug-likeness (QED) is 0.119. The molecule has 0 saturated heterocycles. The van der Waals surface area contributed by atoms with Gasteiger partial charge in [0.25, 0.3) is 0 Å². The minimum absolute atomic E-state index is 0.0761. The number of rotatable bonds is 11. The lowest BCUT2D eigenvalue weighted by atomic mass is 9.86. The van der Waals surface area contributed by atoms with Gasteiger partial charge in [-0.05, 0) is 61.8 Å². The third kappa shape index (κ3) is 7.84. The Bertz CT molecular complexity index is 1200. The van der Waals surface area contributed by atoms with E-state index in [9.17, 15) is 13.6 Å². The summed E-state index contributed by atoms with van der Waals surface area (Å²) in [6, 6.07) is 11.1. The SMILES string of the molecule is CC(C)(C)OC(=O)C[C@H](CCCOCc1ccccc1)c1onc(-c2cc(C(F)(F)C(C)(C)C)on2)c1I. The van der Waals surface area contributed by atoms with Gasteiger partial charge in [-0.25, -0.2) is 0 Å². The molecule has 0 aliphatic rings. The first kappa shape index (κ1) is 30.2. The summed E-state index contributed by atoms with van der Waals surface area (Å²) < 4.78 is 52.1. The summed E-state index contributed by atoms with van der Waals surface area (Å²) in [7, 11) is 0. The molecule has 3 rings (SSSR count). The molecule has 0 fully saturated rings.